The number of alkyl halides is 3. The van der Waals surface area contributed by atoms with Crippen LogP contribution in [0.3, 0.4) is 0 Å². The minimum atomic E-state index is -4.33. The van der Waals surface area contributed by atoms with E-state index in [2.05, 4.69) is 0 Å². The van der Waals surface area contributed by atoms with E-state index in [1.54, 1.807) is 0 Å². The van der Waals surface area contributed by atoms with Crippen LogP contribution in [0, 0.1) is 0 Å². The monoisotopic (exact) mass is 294 g/mol. The molecule has 0 amide bonds. The number of hydrogen-bond acceptors (Lipinski definition) is 1. The van der Waals surface area contributed by atoms with Crippen LogP contribution in [0.25, 0.3) is 0 Å². The molecule has 0 saturated carbocycles. The lowest BCUT2D eigenvalue weighted by Crippen LogP contribution is -2.27. The Hall–Kier alpha value is -1.81. The second-order valence-corrected chi connectivity index (χ2v) is 5.12. The summed E-state index contributed by atoms with van der Waals surface area (Å²) >= 11 is 0. The summed E-state index contributed by atoms with van der Waals surface area (Å²) in [6, 6.07) is 14.1. The van der Waals surface area contributed by atoms with Gasteiger partial charge in [-0.1, -0.05) is 49.4 Å². The molecule has 1 nitrogen and oxygen atoms in total. The summed E-state index contributed by atoms with van der Waals surface area (Å²) in [7, 11) is 0. The average molecular weight is 294 g/mol. The van der Waals surface area contributed by atoms with Gasteiger partial charge in [0.05, 0.1) is 11.2 Å². The molecule has 112 valence electrons. The molecule has 0 aliphatic carbocycles. The second kappa shape index (κ2) is 5.90. The molecule has 2 rings (SSSR count). The van der Waals surface area contributed by atoms with Crippen molar-refractivity contribution >= 4 is 0 Å². The molecule has 0 aromatic heterocycles. The summed E-state index contributed by atoms with van der Waals surface area (Å²) in [4.78, 5) is 0. The summed E-state index contributed by atoms with van der Waals surface area (Å²) in [5.74, 6) is 0. The van der Waals surface area contributed by atoms with Crippen molar-refractivity contribution in [2.45, 2.75) is 31.5 Å². The smallest absolute Gasteiger partial charge is 0.385 e. The molecule has 0 unspecified atom stereocenters. The van der Waals surface area contributed by atoms with E-state index in [-0.39, 0.29) is 6.42 Å². The number of halogens is 3. The Morgan fingerprint density at radius 3 is 1.90 bits per heavy atom. The highest BCUT2D eigenvalue weighted by atomic mass is 19.4. The van der Waals surface area contributed by atoms with Crippen molar-refractivity contribution in [3.8, 4) is 0 Å². The SMILES string of the molecule is CC[C@](O)(Cc1ccc(C(F)(F)F)cc1)c1ccccc1. The molecular weight excluding hydrogens is 277 g/mol. The molecule has 1 atom stereocenters. The van der Waals surface area contributed by atoms with E-state index in [1.165, 1.54) is 12.1 Å². The van der Waals surface area contributed by atoms with Crippen molar-refractivity contribution in [2.24, 2.45) is 0 Å². The maximum absolute atomic E-state index is 12.5. The van der Waals surface area contributed by atoms with Gasteiger partial charge in [-0.3, -0.25) is 0 Å². The Balaban J connectivity index is 2.23. The van der Waals surface area contributed by atoms with Crippen LogP contribution in [0.15, 0.2) is 54.6 Å². The minimum absolute atomic E-state index is 0.283. The zero-order valence-corrected chi connectivity index (χ0v) is 11.7. The maximum Gasteiger partial charge on any atom is 0.416 e. The molecule has 0 bridgehead atoms. The zero-order valence-electron chi connectivity index (χ0n) is 11.7. The summed E-state index contributed by atoms with van der Waals surface area (Å²) in [6.07, 6.45) is -3.57. The third kappa shape index (κ3) is 3.64. The molecule has 0 radical (unpaired) electrons. The fourth-order valence-electron chi connectivity index (χ4n) is 2.33. The number of hydrogen-bond donors (Lipinski definition) is 1. The van der Waals surface area contributed by atoms with Gasteiger partial charge in [0.15, 0.2) is 0 Å². The third-order valence-electron chi connectivity index (χ3n) is 3.67. The first-order valence-corrected chi connectivity index (χ1v) is 6.79. The first kappa shape index (κ1) is 15.6. The van der Waals surface area contributed by atoms with Gasteiger partial charge >= 0.3 is 6.18 Å². The van der Waals surface area contributed by atoms with Crippen LogP contribution < -0.4 is 0 Å². The Labute approximate surface area is 122 Å². The van der Waals surface area contributed by atoms with Gasteiger partial charge in [0.2, 0.25) is 0 Å². The molecule has 2 aromatic rings. The largest absolute Gasteiger partial charge is 0.416 e. The fourth-order valence-corrected chi connectivity index (χ4v) is 2.33. The van der Waals surface area contributed by atoms with Gasteiger partial charge in [-0.15, -0.1) is 0 Å². The lowest BCUT2D eigenvalue weighted by Gasteiger charge is -2.27. The lowest BCUT2D eigenvalue weighted by molar-refractivity contribution is -0.137. The summed E-state index contributed by atoms with van der Waals surface area (Å²) in [5.41, 5.74) is -0.296. The Bertz CT molecular complexity index is 575. The van der Waals surface area contributed by atoms with Crippen molar-refractivity contribution in [2.75, 3.05) is 0 Å². The predicted molar refractivity (Wildman–Crippen MR) is 75.8 cm³/mol. The van der Waals surface area contributed by atoms with E-state index in [4.69, 9.17) is 0 Å². The number of rotatable bonds is 4. The topological polar surface area (TPSA) is 20.2 Å². The molecule has 0 saturated heterocycles. The van der Waals surface area contributed by atoms with E-state index in [0.29, 0.717) is 12.0 Å². The molecule has 0 fully saturated rings. The van der Waals surface area contributed by atoms with Crippen LogP contribution in [0.4, 0.5) is 13.2 Å². The molecule has 0 heterocycles. The van der Waals surface area contributed by atoms with Gasteiger partial charge in [0, 0.05) is 6.42 Å². The van der Waals surface area contributed by atoms with Crippen molar-refractivity contribution in [3.05, 3.63) is 71.3 Å². The number of benzene rings is 2. The van der Waals surface area contributed by atoms with Crippen LogP contribution in [0.1, 0.15) is 30.0 Å². The molecule has 0 spiro atoms. The number of aliphatic hydroxyl groups is 1. The zero-order chi connectivity index (χ0) is 15.5. The molecule has 0 aliphatic rings. The Kier molecular flexibility index (Phi) is 4.37. The van der Waals surface area contributed by atoms with Crippen molar-refractivity contribution in [1.29, 1.82) is 0 Å². The van der Waals surface area contributed by atoms with Gasteiger partial charge in [0.25, 0.3) is 0 Å². The molecule has 2 aromatic carbocycles. The molecule has 1 N–H and O–H groups in total. The van der Waals surface area contributed by atoms with Crippen LogP contribution in [0.5, 0.6) is 0 Å². The predicted octanol–water partition coefficient (Wildman–Crippen LogP) is 4.55. The highest BCUT2D eigenvalue weighted by molar-refractivity contribution is 5.29. The Morgan fingerprint density at radius 1 is 0.857 bits per heavy atom. The lowest BCUT2D eigenvalue weighted by atomic mass is 9.85. The Morgan fingerprint density at radius 2 is 1.43 bits per heavy atom. The van der Waals surface area contributed by atoms with Gasteiger partial charge in [-0.25, -0.2) is 0 Å². The molecule has 4 heteroatoms. The summed E-state index contributed by atoms with van der Waals surface area (Å²) in [6.45, 7) is 1.86. The van der Waals surface area contributed by atoms with Gasteiger partial charge in [0.1, 0.15) is 0 Å². The van der Waals surface area contributed by atoms with Gasteiger partial charge in [-0.05, 0) is 29.7 Å². The van der Waals surface area contributed by atoms with E-state index >= 15 is 0 Å². The third-order valence-corrected chi connectivity index (χ3v) is 3.67. The first-order valence-electron chi connectivity index (χ1n) is 6.79. The van der Waals surface area contributed by atoms with Crippen LogP contribution in [0.2, 0.25) is 0 Å². The van der Waals surface area contributed by atoms with Crippen LogP contribution in [-0.2, 0) is 18.2 Å². The van der Waals surface area contributed by atoms with E-state index in [9.17, 15) is 18.3 Å². The van der Waals surface area contributed by atoms with E-state index in [1.807, 2.05) is 37.3 Å². The van der Waals surface area contributed by atoms with Crippen LogP contribution >= 0.6 is 0 Å². The first-order chi connectivity index (χ1) is 9.85. The van der Waals surface area contributed by atoms with Crippen molar-refractivity contribution in [1.82, 2.24) is 0 Å². The quantitative estimate of drug-likeness (QED) is 0.877. The van der Waals surface area contributed by atoms with Crippen molar-refractivity contribution in [3.63, 3.8) is 0 Å². The van der Waals surface area contributed by atoms with Gasteiger partial charge in [-0.2, -0.15) is 13.2 Å². The average Bonchev–Trinajstić information content (AvgIpc) is 2.47. The minimum Gasteiger partial charge on any atom is -0.385 e. The highest BCUT2D eigenvalue weighted by Crippen LogP contribution is 2.32. The maximum atomic E-state index is 12.5. The molecule has 21 heavy (non-hydrogen) atoms. The normalized spacial score (nSPS) is 14.7. The van der Waals surface area contributed by atoms with E-state index < -0.39 is 17.3 Å². The van der Waals surface area contributed by atoms with Gasteiger partial charge < -0.3 is 5.11 Å². The second-order valence-electron chi connectivity index (χ2n) is 5.12. The van der Waals surface area contributed by atoms with Crippen LogP contribution in [-0.4, -0.2) is 5.11 Å². The molecule has 0 aliphatic heterocycles. The summed E-state index contributed by atoms with van der Waals surface area (Å²) < 4.78 is 37.6. The standard InChI is InChI=1S/C17H17F3O/c1-2-16(21,14-6-4-3-5-7-14)12-13-8-10-15(11-9-13)17(18,19)20/h3-11,21H,2,12H2,1H3/t16-/m0/s1. The highest BCUT2D eigenvalue weighted by Gasteiger charge is 2.31. The fraction of sp³-hybridized carbons (Fsp3) is 0.294. The summed E-state index contributed by atoms with van der Waals surface area (Å²) in [5, 5.41) is 10.8. The van der Waals surface area contributed by atoms with E-state index in [0.717, 1.165) is 17.7 Å². The molecular formula is C17H17F3O. The van der Waals surface area contributed by atoms with Crippen molar-refractivity contribution < 1.29 is 18.3 Å².